The molecule has 3 aromatic heterocycles. The molecular formula is C74H70N4OPt-2. The first kappa shape index (κ1) is 47.5. The molecule has 0 radical (unpaired) electrons. The van der Waals surface area contributed by atoms with Crippen molar-refractivity contribution in [2.24, 2.45) is 0 Å². The summed E-state index contributed by atoms with van der Waals surface area (Å²) in [7, 11) is 0. The number of imidazole rings is 1. The number of para-hydroxylation sites is 1. The van der Waals surface area contributed by atoms with Gasteiger partial charge in [0, 0.05) is 44.3 Å². The number of fused-ring (bicyclic) bond motifs is 11. The Morgan fingerprint density at radius 2 is 1.21 bits per heavy atom. The van der Waals surface area contributed by atoms with E-state index in [9.17, 15) is 2.74 Å². The summed E-state index contributed by atoms with van der Waals surface area (Å²) >= 11 is 0. The molecule has 2 aliphatic rings. The van der Waals surface area contributed by atoms with Gasteiger partial charge in [0.25, 0.3) is 6.33 Å². The zero-order chi connectivity index (χ0) is 59.5. The van der Waals surface area contributed by atoms with Crippen molar-refractivity contribution >= 4 is 32.8 Å². The van der Waals surface area contributed by atoms with E-state index in [1.54, 1.807) is 0 Å². The molecule has 13 rings (SSSR count). The largest absolute Gasteiger partial charge is 0.510 e. The van der Waals surface area contributed by atoms with Gasteiger partial charge in [0.15, 0.2) is 0 Å². The fraction of sp³-hybridized carbons (Fsp3) is 0.270. The van der Waals surface area contributed by atoms with Gasteiger partial charge < -0.3 is 13.9 Å². The maximum Gasteiger partial charge on any atom is 0.268 e. The first-order chi connectivity index (χ1) is 39.6. The smallest absolute Gasteiger partial charge is 0.268 e. The second-order valence-corrected chi connectivity index (χ2v) is 26.4. The van der Waals surface area contributed by atoms with E-state index in [0.29, 0.717) is 28.3 Å². The van der Waals surface area contributed by atoms with Crippen LogP contribution >= 0.6 is 0 Å². The maximum absolute atomic E-state index is 9.41. The molecule has 11 aromatic rings. The number of hydrogen-bond donors (Lipinski definition) is 0. The van der Waals surface area contributed by atoms with Crippen molar-refractivity contribution in [3.8, 4) is 73.2 Å². The van der Waals surface area contributed by atoms with E-state index in [0.717, 1.165) is 90.6 Å². The third-order valence-electron chi connectivity index (χ3n) is 17.0. The Morgan fingerprint density at radius 3 is 1.90 bits per heavy atom. The molecule has 0 spiro atoms. The van der Waals surface area contributed by atoms with E-state index < -0.39 is 18.1 Å². The Morgan fingerprint density at radius 1 is 0.562 bits per heavy atom. The van der Waals surface area contributed by atoms with Crippen LogP contribution in [0, 0.1) is 18.5 Å². The van der Waals surface area contributed by atoms with Gasteiger partial charge in [-0.1, -0.05) is 192 Å². The van der Waals surface area contributed by atoms with Gasteiger partial charge in [-0.25, -0.2) is 4.98 Å². The fourth-order valence-electron chi connectivity index (χ4n) is 12.3. The quantitative estimate of drug-likeness (QED) is 0.127. The van der Waals surface area contributed by atoms with Crippen molar-refractivity contribution in [1.82, 2.24) is 14.1 Å². The summed E-state index contributed by atoms with van der Waals surface area (Å²) in [6, 6.07) is 50.3. The molecule has 1 aliphatic heterocycles. The number of aromatic nitrogens is 4. The van der Waals surface area contributed by atoms with Gasteiger partial charge in [-0.3, -0.25) is 4.57 Å². The number of rotatable bonds is 5. The second kappa shape index (κ2) is 18.9. The van der Waals surface area contributed by atoms with Crippen molar-refractivity contribution < 1.29 is 37.2 Å². The van der Waals surface area contributed by atoms with Crippen LogP contribution in [0.5, 0.6) is 11.5 Å². The summed E-state index contributed by atoms with van der Waals surface area (Å²) in [5, 5.41) is 2.11. The minimum Gasteiger partial charge on any atom is -0.510 e. The minimum absolute atomic E-state index is 0. The molecule has 0 unspecified atom stereocenters. The third kappa shape index (κ3) is 8.87. The zero-order valence-corrected chi connectivity index (χ0v) is 50.4. The number of benzene rings is 8. The second-order valence-electron chi connectivity index (χ2n) is 26.4. The summed E-state index contributed by atoms with van der Waals surface area (Å²) in [6.07, 6.45) is 7.96. The Kier molecular flexibility index (Phi) is 11.2. The maximum atomic E-state index is 9.41. The van der Waals surface area contributed by atoms with Gasteiger partial charge in [0.05, 0.1) is 23.6 Å². The van der Waals surface area contributed by atoms with Crippen molar-refractivity contribution in [3.63, 3.8) is 0 Å². The van der Waals surface area contributed by atoms with Gasteiger partial charge in [-0.2, -0.15) is 18.2 Å². The molecule has 6 heteroatoms. The Balaban J connectivity index is 0.00000709. The molecule has 404 valence electrons. The van der Waals surface area contributed by atoms with E-state index in [2.05, 4.69) is 203 Å². The van der Waals surface area contributed by atoms with Crippen LogP contribution in [0.1, 0.15) is 138 Å². The van der Waals surface area contributed by atoms with Crippen molar-refractivity contribution in [1.29, 1.82) is 0 Å². The van der Waals surface area contributed by atoms with Crippen LogP contribution in [-0.4, -0.2) is 14.1 Å². The summed E-state index contributed by atoms with van der Waals surface area (Å²) in [6.45, 7) is 29.9. The molecule has 1 aliphatic carbocycles. The first-order valence-corrected chi connectivity index (χ1v) is 27.8. The van der Waals surface area contributed by atoms with Crippen LogP contribution in [0.3, 0.4) is 0 Å². The molecule has 5 nitrogen and oxygen atoms in total. The standard InChI is InChI=1S/C74H70N4O.Pt/c1-70(2,3)48-32-35-75-67(40-48)78-64-29-20-19-28-55(64)56-31-30-52(42-65(56)78)79-51-25-21-24-50(41-51)76-45-77-68-60(38-49(71(4,5)6)39-63(68)72(7,8)9)58-44-62-61(73(10,11)33-34-74(62,12)13)43-57(58)53-26-17-18-27-54(53)59-36-47(37-66(76)69(59)77)46-22-15-14-16-23-46;/h14-32,35-40,43-44H,33-34H2,1-13H3;/q-2;/i14D,15D,16D,22D,23D;. The van der Waals surface area contributed by atoms with Crippen LogP contribution in [0.15, 0.2) is 164 Å². The molecule has 0 atom stereocenters. The third-order valence-corrected chi connectivity index (χ3v) is 17.0. The van der Waals surface area contributed by atoms with E-state index in [-0.39, 0.29) is 65.8 Å². The van der Waals surface area contributed by atoms with Gasteiger partial charge in [-0.05, 0) is 154 Å². The molecule has 0 bridgehead atoms. The van der Waals surface area contributed by atoms with Crippen molar-refractivity contribution in [2.75, 3.05) is 0 Å². The van der Waals surface area contributed by atoms with Crippen LogP contribution in [0.25, 0.3) is 94.5 Å². The van der Waals surface area contributed by atoms with Crippen LogP contribution in [-0.2, 0) is 48.1 Å². The van der Waals surface area contributed by atoms with Gasteiger partial charge in [0.2, 0.25) is 0 Å². The average Bonchev–Trinajstić information content (AvgIpc) is 1.86. The summed E-state index contributed by atoms with van der Waals surface area (Å²) in [5.74, 6) is 1.74. The molecule has 80 heavy (non-hydrogen) atoms. The Hall–Kier alpha value is -7.33. The van der Waals surface area contributed by atoms with Gasteiger partial charge in [-0.15, -0.1) is 29.7 Å². The molecule has 0 N–H and O–H groups in total. The molecule has 0 saturated heterocycles. The zero-order valence-electron chi connectivity index (χ0n) is 53.1. The van der Waals surface area contributed by atoms with E-state index in [1.807, 2.05) is 53.2 Å². The number of ether oxygens (including phenoxy) is 1. The molecule has 0 fully saturated rings. The van der Waals surface area contributed by atoms with Crippen LogP contribution < -0.4 is 9.30 Å². The van der Waals surface area contributed by atoms with Gasteiger partial charge >= 0.3 is 0 Å². The molecular weight excluding hydrogens is 1160 g/mol. The molecule has 0 saturated carbocycles. The minimum atomic E-state index is -0.441. The van der Waals surface area contributed by atoms with Crippen molar-refractivity contribution in [3.05, 3.63) is 210 Å². The Labute approximate surface area is 494 Å². The summed E-state index contributed by atoms with van der Waals surface area (Å²) in [4.78, 5) is 4.90. The Bertz CT molecular complexity index is 4570. The van der Waals surface area contributed by atoms with Crippen molar-refractivity contribution in [2.45, 2.75) is 130 Å². The molecule has 0 amide bonds. The predicted molar refractivity (Wildman–Crippen MR) is 327 cm³/mol. The monoisotopic (exact) mass is 1230 g/mol. The normalized spacial score (nSPS) is 15.4. The van der Waals surface area contributed by atoms with E-state index in [1.165, 1.54) is 22.3 Å². The fourth-order valence-corrected chi connectivity index (χ4v) is 12.3. The van der Waals surface area contributed by atoms with E-state index in [4.69, 9.17) is 13.8 Å². The SMILES string of the molecule is [2H]c1c([2H])c([2H])c(-c2cc3c4c(c2)n(-c2[c-]c(Oc5[c-]c6c(cc5)c5ccccc5n6-c5cc(C(C)(C)C)ccn5)ccc2)[c-][n+]4-c2c(cc(C(C)(C)C)cc2C(C)(C)C)-c2cc4c(cc2-c2ccccc2-3)C(C)(C)CCC4(C)C)c([2H])c1[2H].[Pt]. The van der Waals surface area contributed by atoms with E-state index >= 15 is 0 Å². The number of hydrogen-bond acceptors (Lipinski definition) is 2. The average molecular weight is 1230 g/mol. The summed E-state index contributed by atoms with van der Waals surface area (Å²) < 4.78 is 58.5. The summed E-state index contributed by atoms with van der Waals surface area (Å²) in [5.41, 5.74) is 17.1. The number of pyridine rings is 1. The van der Waals surface area contributed by atoms with Crippen LogP contribution in [0.4, 0.5) is 0 Å². The van der Waals surface area contributed by atoms with Crippen LogP contribution in [0.2, 0.25) is 0 Å². The van der Waals surface area contributed by atoms with Gasteiger partial charge in [0.1, 0.15) is 5.82 Å². The predicted octanol–water partition coefficient (Wildman–Crippen LogP) is 18.8. The topological polar surface area (TPSA) is 35.9 Å². The molecule has 4 heterocycles. The molecule has 8 aromatic carbocycles. The number of nitrogens with zero attached hydrogens (tertiary/aromatic N) is 4. The first-order valence-electron chi connectivity index (χ1n) is 30.3.